The fourth-order valence-electron chi connectivity index (χ4n) is 1.79. The molecule has 2 heterocycles. The van der Waals surface area contributed by atoms with Crippen molar-refractivity contribution in [3.05, 3.63) is 5.82 Å². The molecule has 1 aliphatic heterocycles. The second kappa shape index (κ2) is 5.50. The zero-order chi connectivity index (χ0) is 12.3. The van der Waals surface area contributed by atoms with Gasteiger partial charge in [0.15, 0.2) is 5.16 Å². The minimum absolute atomic E-state index is 0.0132. The molecule has 1 N–H and O–H groups in total. The Hall–Kier alpha value is -1.08. The van der Waals surface area contributed by atoms with E-state index < -0.39 is 5.97 Å². The number of aliphatic carboxylic acids is 1. The van der Waals surface area contributed by atoms with Crippen molar-refractivity contribution >= 4 is 17.7 Å². The summed E-state index contributed by atoms with van der Waals surface area (Å²) in [6, 6.07) is 0. The average Bonchev–Trinajstić information content (AvgIpc) is 2.89. The molecular formula is C10H15N3O3S. The first-order chi connectivity index (χ1) is 8.16. The highest BCUT2D eigenvalue weighted by molar-refractivity contribution is 7.99. The van der Waals surface area contributed by atoms with Gasteiger partial charge in [0, 0.05) is 19.1 Å². The van der Waals surface area contributed by atoms with Crippen LogP contribution in [0.4, 0.5) is 0 Å². The molecule has 1 atom stereocenters. The Morgan fingerprint density at radius 1 is 1.65 bits per heavy atom. The number of aromatic nitrogens is 3. The van der Waals surface area contributed by atoms with Crippen LogP contribution >= 0.6 is 11.8 Å². The number of carbonyl (C=O) groups is 1. The molecule has 0 bridgehead atoms. The first-order valence-electron chi connectivity index (χ1n) is 5.49. The van der Waals surface area contributed by atoms with Gasteiger partial charge in [-0.1, -0.05) is 11.8 Å². The van der Waals surface area contributed by atoms with Gasteiger partial charge >= 0.3 is 5.97 Å². The van der Waals surface area contributed by atoms with Crippen molar-refractivity contribution in [2.45, 2.75) is 25.0 Å². The number of nitrogens with zero attached hydrogens (tertiary/aromatic N) is 3. The van der Waals surface area contributed by atoms with Crippen LogP contribution in [0.3, 0.4) is 0 Å². The highest BCUT2D eigenvalue weighted by Crippen LogP contribution is 2.21. The molecule has 0 amide bonds. The molecule has 1 unspecified atom stereocenters. The molecule has 0 saturated carbocycles. The number of carboxylic acids is 1. The lowest BCUT2D eigenvalue weighted by Crippen LogP contribution is -2.13. The van der Waals surface area contributed by atoms with Gasteiger partial charge in [-0.25, -0.2) is 0 Å². The predicted octanol–water partition coefficient (Wildman–Crippen LogP) is 0.800. The van der Waals surface area contributed by atoms with Crippen LogP contribution in [0.25, 0.3) is 0 Å². The van der Waals surface area contributed by atoms with E-state index in [4.69, 9.17) is 9.84 Å². The van der Waals surface area contributed by atoms with E-state index in [1.165, 1.54) is 11.8 Å². The van der Waals surface area contributed by atoms with Gasteiger partial charge in [-0.2, -0.15) is 0 Å². The number of aryl methyl sites for hydroxylation is 1. The van der Waals surface area contributed by atoms with Crippen molar-refractivity contribution in [1.82, 2.24) is 14.8 Å². The predicted molar refractivity (Wildman–Crippen MR) is 62.0 cm³/mol. The summed E-state index contributed by atoms with van der Waals surface area (Å²) in [7, 11) is 0. The van der Waals surface area contributed by atoms with Crippen molar-refractivity contribution < 1.29 is 14.6 Å². The minimum Gasteiger partial charge on any atom is -0.481 e. The van der Waals surface area contributed by atoms with Gasteiger partial charge in [-0.3, -0.25) is 4.79 Å². The third-order valence-corrected chi connectivity index (χ3v) is 3.64. The summed E-state index contributed by atoms with van der Waals surface area (Å²) in [5.41, 5.74) is 0. The van der Waals surface area contributed by atoms with Crippen LogP contribution in [0.2, 0.25) is 0 Å². The first-order valence-corrected chi connectivity index (χ1v) is 6.47. The molecule has 0 radical (unpaired) electrons. The zero-order valence-corrected chi connectivity index (χ0v) is 10.4. The fourth-order valence-corrected chi connectivity index (χ4v) is 2.50. The van der Waals surface area contributed by atoms with E-state index in [0.717, 1.165) is 32.0 Å². The van der Waals surface area contributed by atoms with Crippen LogP contribution in [0, 0.1) is 12.8 Å². The van der Waals surface area contributed by atoms with Gasteiger partial charge in [-0.05, 0) is 13.3 Å². The zero-order valence-electron chi connectivity index (χ0n) is 9.63. The maximum absolute atomic E-state index is 10.5. The van der Waals surface area contributed by atoms with Crippen LogP contribution in [0.5, 0.6) is 0 Å². The smallest absolute Gasteiger partial charge is 0.313 e. The Morgan fingerprint density at radius 3 is 3.12 bits per heavy atom. The largest absolute Gasteiger partial charge is 0.481 e. The molecule has 6 nitrogen and oxygen atoms in total. The van der Waals surface area contributed by atoms with E-state index in [0.29, 0.717) is 11.1 Å². The number of carboxylic acid groups (broad SMARTS) is 1. The van der Waals surface area contributed by atoms with Gasteiger partial charge in [-0.15, -0.1) is 10.2 Å². The molecule has 0 spiro atoms. The third kappa shape index (κ3) is 3.19. The molecule has 94 valence electrons. The van der Waals surface area contributed by atoms with Crippen LogP contribution in [-0.2, 0) is 16.1 Å². The van der Waals surface area contributed by atoms with Crippen LogP contribution in [0.1, 0.15) is 12.2 Å². The molecule has 1 aromatic rings. The standard InChI is InChI=1S/C10H15N3O3S/c1-7-11-12-10(17-6-9(14)15)13(7)4-8-2-3-16-5-8/h8H,2-6H2,1H3,(H,14,15). The van der Waals surface area contributed by atoms with Crippen molar-refractivity contribution in [3.8, 4) is 0 Å². The van der Waals surface area contributed by atoms with Crippen LogP contribution < -0.4 is 0 Å². The lowest BCUT2D eigenvalue weighted by atomic mass is 10.1. The molecule has 2 rings (SSSR count). The molecule has 1 fully saturated rings. The average molecular weight is 257 g/mol. The number of thioether (sulfide) groups is 1. The summed E-state index contributed by atoms with van der Waals surface area (Å²) in [5, 5.41) is 17.3. The Kier molecular flexibility index (Phi) is 4.01. The van der Waals surface area contributed by atoms with Gasteiger partial charge in [0.1, 0.15) is 5.82 Å². The van der Waals surface area contributed by atoms with Crippen molar-refractivity contribution in [3.63, 3.8) is 0 Å². The Bertz CT molecular complexity index is 402. The third-order valence-electron chi connectivity index (χ3n) is 2.69. The molecular weight excluding hydrogens is 242 g/mol. The lowest BCUT2D eigenvalue weighted by molar-refractivity contribution is -0.133. The summed E-state index contributed by atoms with van der Waals surface area (Å²) in [6.07, 6.45) is 1.04. The van der Waals surface area contributed by atoms with Gasteiger partial charge < -0.3 is 14.4 Å². The molecule has 1 aromatic heterocycles. The second-order valence-electron chi connectivity index (χ2n) is 4.05. The van der Waals surface area contributed by atoms with Crippen LogP contribution in [-0.4, -0.2) is 44.8 Å². The number of hydrogen-bond donors (Lipinski definition) is 1. The fraction of sp³-hybridized carbons (Fsp3) is 0.700. The minimum atomic E-state index is -0.841. The summed E-state index contributed by atoms with van der Waals surface area (Å²) in [6.45, 7) is 4.26. The van der Waals surface area contributed by atoms with Crippen molar-refractivity contribution in [1.29, 1.82) is 0 Å². The van der Waals surface area contributed by atoms with E-state index in [-0.39, 0.29) is 5.75 Å². The van der Waals surface area contributed by atoms with E-state index in [2.05, 4.69) is 10.2 Å². The Morgan fingerprint density at radius 2 is 2.47 bits per heavy atom. The first kappa shape index (κ1) is 12.4. The van der Waals surface area contributed by atoms with Gasteiger partial charge in [0.2, 0.25) is 0 Å². The molecule has 1 saturated heterocycles. The summed E-state index contributed by atoms with van der Waals surface area (Å²) in [4.78, 5) is 10.5. The van der Waals surface area contributed by atoms with Gasteiger partial charge in [0.25, 0.3) is 0 Å². The SMILES string of the molecule is Cc1nnc(SCC(=O)O)n1CC1CCOC1. The van der Waals surface area contributed by atoms with Gasteiger partial charge in [0.05, 0.1) is 12.4 Å². The molecule has 0 aliphatic carbocycles. The summed E-state index contributed by atoms with van der Waals surface area (Å²) >= 11 is 1.21. The Balaban J connectivity index is 2.03. The second-order valence-corrected chi connectivity index (χ2v) is 4.99. The van der Waals surface area contributed by atoms with Crippen molar-refractivity contribution in [2.24, 2.45) is 5.92 Å². The summed E-state index contributed by atoms with van der Waals surface area (Å²) in [5.74, 6) is 0.476. The maximum atomic E-state index is 10.5. The molecule has 0 aromatic carbocycles. The molecule has 1 aliphatic rings. The summed E-state index contributed by atoms with van der Waals surface area (Å²) < 4.78 is 7.31. The number of hydrogen-bond acceptors (Lipinski definition) is 5. The highest BCUT2D eigenvalue weighted by Gasteiger charge is 2.19. The van der Waals surface area contributed by atoms with Crippen molar-refractivity contribution in [2.75, 3.05) is 19.0 Å². The topological polar surface area (TPSA) is 77.2 Å². The lowest BCUT2D eigenvalue weighted by Gasteiger charge is -2.11. The van der Waals surface area contributed by atoms with E-state index in [1.807, 2.05) is 11.5 Å². The Labute approximate surface area is 103 Å². The van der Waals surface area contributed by atoms with Crippen LogP contribution in [0.15, 0.2) is 5.16 Å². The quantitative estimate of drug-likeness (QED) is 0.786. The van der Waals surface area contributed by atoms with E-state index in [9.17, 15) is 4.79 Å². The monoisotopic (exact) mass is 257 g/mol. The number of ether oxygens (including phenoxy) is 1. The van der Waals surface area contributed by atoms with E-state index >= 15 is 0 Å². The number of rotatable bonds is 5. The molecule has 17 heavy (non-hydrogen) atoms. The normalized spacial score (nSPS) is 19.7. The van der Waals surface area contributed by atoms with E-state index in [1.54, 1.807) is 0 Å². The molecule has 7 heteroatoms. The maximum Gasteiger partial charge on any atom is 0.313 e. The highest BCUT2D eigenvalue weighted by atomic mass is 32.2.